The van der Waals surface area contributed by atoms with Crippen molar-refractivity contribution in [2.45, 2.75) is 52.0 Å². The fourth-order valence-corrected chi connectivity index (χ4v) is 2.03. The minimum Gasteiger partial charge on any atom is -0.349 e. The Hall–Kier alpha value is -1.31. The molecule has 2 rings (SSSR count). The molecule has 2 nitrogen and oxygen atoms in total. The smallest absolute Gasteiger partial charge is 0.223 e. The van der Waals surface area contributed by atoms with Crippen LogP contribution in [0.25, 0.3) is 0 Å². The quantitative estimate of drug-likeness (QED) is 0.866. The summed E-state index contributed by atoms with van der Waals surface area (Å²) in [5, 5.41) is 3.08. The number of nitrogens with one attached hydrogen (secondary N) is 1. The number of hydrogen-bond acceptors (Lipinski definition) is 1. The number of hydrogen-bond donors (Lipinski definition) is 1. The van der Waals surface area contributed by atoms with Crippen molar-refractivity contribution in [3.05, 3.63) is 35.4 Å². The third kappa shape index (κ3) is 3.12. The first-order valence-electron chi connectivity index (χ1n) is 6.79. The molecule has 0 bridgehead atoms. The van der Waals surface area contributed by atoms with E-state index < -0.39 is 0 Å². The van der Waals surface area contributed by atoms with E-state index in [1.165, 1.54) is 11.1 Å². The molecule has 0 saturated heterocycles. The van der Waals surface area contributed by atoms with Crippen LogP contribution in [0.5, 0.6) is 0 Å². The van der Waals surface area contributed by atoms with Gasteiger partial charge in [-0.15, -0.1) is 0 Å². The number of carbonyl (C=O) groups excluding carboxylic acids is 1. The molecule has 18 heavy (non-hydrogen) atoms. The van der Waals surface area contributed by atoms with Gasteiger partial charge in [-0.1, -0.05) is 45.0 Å². The summed E-state index contributed by atoms with van der Waals surface area (Å²) in [4.78, 5) is 11.7. The Morgan fingerprint density at radius 2 is 1.78 bits per heavy atom. The fraction of sp³-hybridized carbons (Fsp3) is 0.562. The van der Waals surface area contributed by atoms with Crippen LogP contribution in [0.1, 0.15) is 57.7 Å². The zero-order chi connectivity index (χ0) is 13.3. The van der Waals surface area contributed by atoms with Crippen LogP contribution in [-0.4, -0.2) is 5.91 Å². The van der Waals surface area contributed by atoms with Gasteiger partial charge in [-0.25, -0.2) is 0 Å². The molecule has 0 aromatic heterocycles. The summed E-state index contributed by atoms with van der Waals surface area (Å²) >= 11 is 0. The number of rotatable bonds is 3. The highest BCUT2D eigenvalue weighted by Crippen LogP contribution is 2.30. The molecule has 0 unspecified atom stereocenters. The molecule has 1 aliphatic rings. The maximum atomic E-state index is 11.7. The van der Waals surface area contributed by atoms with Crippen molar-refractivity contribution >= 4 is 5.91 Å². The van der Waals surface area contributed by atoms with E-state index in [0.717, 1.165) is 12.8 Å². The summed E-state index contributed by atoms with van der Waals surface area (Å²) in [7, 11) is 0. The van der Waals surface area contributed by atoms with E-state index >= 15 is 0 Å². The van der Waals surface area contributed by atoms with E-state index in [0.29, 0.717) is 0 Å². The van der Waals surface area contributed by atoms with Crippen LogP contribution in [0, 0.1) is 5.92 Å². The molecule has 0 aliphatic heterocycles. The van der Waals surface area contributed by atoms with Gasteiger partial charge in [0.25, 0.3) is 0 Å². The minimum atomic E-state index is 0.104. The molecule has 1 saturated carbocycles. The first-order chi connectivity index (χ1) is 8.38. The highest BCUT2D eigenvalue weighted by molar-refractivity contribution is 5.81. The maximum Gasteiger partial charge on any atom is 0.223 e. The van der Waals surface area contributed by atoms with E-state index in [1.54, 1.807) is 0 Å². The highest BCUT2D eigenvalue weighted by atomic mass is 16.2. The first kappa shape index (κ1) is 13.1. The summed E-state index contributed by atoms with van der Waals surface area (Å²) in [5.41, 5.74) is 2.68. The Morgan fingerprint density at radius 3 is 2.22 bits per heavy atom. The van der Waals surface area contributed by atoms with E-state index in [1.807, 2.05) is 6.92 Å². The van der Waals surface area contributed by atoms with Crippen molar-refractivity contribution in [3.63, 3.8) is 0 Å². The Bertz CT molecular complexity index is 423. The zero-order valence-electron chi connectivity index (χ0n) is 11.8. The Balaban J connectivity index is 2.02. The van der Waals surface area contributed by atoms with Gasteiger partial charge in [0.1, 0.15) is 0 Å². The largest absolute Gasteiger partial charge is 0.349 e. The molecule has 0 heterocycles. The van der Waals surface area contributed by atoms with Gasteiger partial charge in [-0.05, 0) is 36.3 Å². The zero-order valence-corrected chi connectivity index (χ0v) is 11.8. The predicted octanol–water partition coefficient (Wildman–Crippen LogP) is 3.57. The van der Waals surface area contributed by atoms with Crippen LogP contribution in [0.3, 0.4) is 0 Å². The van der Waals surface area contributed by atoms with E-state index in [4.69, 9.17) is 0 Å². The van der Waals surface area contributed by atoms with Crippen molar-refractivity contribution in [2.24, 2.45) is 5.92 Å². The Labute approximate surface area is 110 Å². The lowest BCUT2D eigenvalue weighted by Gasteiger charge is -2.20. The summed E-state index contributed by atoms with van der Waals surface area (Å²) in [5.74, 6) is 0.490. The molecule has 1 aromatic rings. The second kappa shape index (κ2) is 4.75. The fourth-order valence-electron chi connectivity index (χ4n) is 2.03. The lowest BCUT2D eigenvalue weighted by atomic mass is 9.86. The van der Waals surface area contributed by atoms with Crippen molar-refractivity contribution in [1.82, 2.24) is 5.32 Å². The molecule has 1 atom stereocenters. The molecule has 2 heteroatoms. The number of amides is 1. The predicted molar refractivity (Wildman–Crippen MR) is 74.4 cm³/mol. The van der Waals surface area contributed by atoms with E-state index in [2.05, 4.69) is 50.4 Å². The second-order valence-corrected chi connectivity index (χ2v) is 6.38. The van der Waals surface area contributed by atoms with Gasteiger partial charge in [-0.2, -0.15) is 0 Å². The van der Waals surface area contributed by atoms with Gasteiger partial charge >= 0.3 is 0 Å². The van der Waals surface area contributed by atoms with Gasteiger partial charge < -0.3 is 5.32 Å². The van der Waals surface area contributed by atoms with Crippen molar-refractivity contribution in [1.29, 1.82) is 0 Å². The normalized spacial score (nSPS) is 17.3. The van der Waals surface area contributed by atoms with Gasteiger partial charge in [-0.3, -0.25) is 4.79 Å². The third-order valence-electron chi connectivity index (χ3n) is 3.58. The summed E-state index contributed by atoms with van der Waals surface area (Å²) < 4.78 is 0. The molecule has 0 radical (unpaired) electrons. The molecule has 1 aliphatic carbocycles. The van der Waals surface area contributed by atoms with E-state index in [-0.39, 0.29) is 23.3 Å². The maximum absolute atomic E-state index is 11.7. The third-order valence-corrected chi connectivity index (χ3v) is 3.58. The Kier molecular flexibility index (Phi) is 3.47. The molecule has 1 amide bonds. The summed E-state index contributed by atoms with van der Waals surface area (Å²) in [6.07, 6.45) is 2.11. The summed E-state index contributed by atoms with van der Waals surface area (Å²) in [6.45, 7) is 8.67. The van der Waals surface area contributed by atoms with Crippen LogP contribution in [0.2, 0.25) is 0 Å². The van der Waals surface area contributed by atoms with Crippen molar-refractivity contribution in [3.8, 4) is 0 Å². The Morgan fingerprint density at radius 1 is 1.22 bits per heavy atom. The minimum absolute atomic E-state index is 0.104. The monoisotopic (exact) mass is 245 g/mol. The molecule has 98 valence electrons. The number of benzene rings is 1. The van der Waals surface area contributed by atoms with Gasteiger partial charge in [0, 0.05) is 5.92 Å². The van der Waals surface area contributed by atoms with Crippen LogP contribution in [0.15, 0.2) is 24.3 Å². The first-order valence-corrected chi connectivity index (χ1v) is 6.79. The molecule has 1 aromatic carbocycles. The standard InChI is InChI=1S/C16H23NO/c1-11(17-15(18)13-5-6-13)12-7-9-14(10-8-12)16(2,3)4/h7-11,13H,5-6H2,1-4H3,(H,17,18)/t11-/m1/s1. The molecular weight excluding hydrogens is 222 g/mol. The van der Waals surface area contributed by atoms with E-state index in [9.17, 15) is 4.79 Å². The highest BCUT2D eigenvalue weighted by Gasteiger charge is 2.30. The molecule has 1 fully saturated rings. The second-order valence-electron chi connectivity index (χ2n) is 6.38. The SMILES string of the molecule is C[C@@H](NC(=O)C1CC1)c1ccc(C(C)(C)C)cc1. The number of carbonyl (C=O) groups is 1. The molecule has 0 spiro atoms. The van der Waals surface area contributed by atoms with Crippen molar-refractivity contribution < 1.29 is 4.79 Å². The van der Waals surface area contributed by atoms with Gasteiger partial charge in [0.2, 0.25) is 5.91 Å². The van der Waals surface area contributed by atoms with Gasteiger partial charge in [0.05, 0.1) is 6.04 Å². The van der Waals surface area contributed by atoms with Crippen molar-refractivity contribution in [2.75, 3.05) is 0 Å². The lowest BCUT2D eigenvalue weighted by Crippen LogP contribution is -2.27. The molecular formula is C16H23NO. The molecule has 1 N–H and O–H groups in total. The van der Waals surface area contributed by atoms with Crippen LogP contribution in [-0.2, 0) is 10.2 Å². The topological polar surface area (TPSA) is 29.1 Å². The van der Waals surface area contributed by atoms with Crippen LogP contribution < -0.4 is 5.32 Å². The average molecular weight is 245 g/mol. The average Bonchev–Trinajstić information content (AvgIpc) is 3.11. The van der Waals surface area contributed by atoms with Crippen LogP contribution in [0.4, 0.5) is 0 Å². The van der Waals surface area contributed by atoms with Gasteiger partial charge in [0.15, 0.2) is 0 Å². The summed E-state index contributed by atoms with van der Waals surface area (Å²) in [6, 6.07) is 8.67. The lowest BCUT2D eigenvalue weighted by molar-refractivity contribution is -0.122. The van der Waals surface area contributed by atoms with Crippen LogP contribution >= 0.6 is 0 Å².